The standard InChI is InChI=1S/C10H14FNS/c1-3-7(2)13-10-5-4-8(11)6-9(10)12/h4-7H,3,12H2,1-2H3. The van der Waals surface area contributed by atoms with Gasteiger partial charge in [-0.1, -0.05) is 13.8 Å². The highest BCUT2D eigenvalue weighted by Gasteiger charge is 2.05. The molecule has 1 atom stereocenters. The first-order chi connectivity index (χ1) is 6.13. The molecule has 1 nitrogen and oxygen atoms in total. The first-order valence-corrected chi connectivity index (χ1v) is 5.23. The lowest BCUT2D eigenvalue weighted by Crippen LogP contribution is -1.96. The van der Waals surface area contributed by atoms with E-state index < -0.39 is 0 Å². The molecule has 1 rings (SSSR count). The Balaban J connectivity index is 2.77. The van der Waals surface area contributed by atoms with Gasteiger partial charge in [0.15, 0.2) is 0 Å². The van der Waals surface area contributed by atoms with Gasteiger partial charge in [-0.3, -0.25) is 0 Å². The molecule has 2 N–H and O–H groups in total. The van der Waals surface area contributed by atoms with Gasteiger partial charge in [-0.15, -0.1) is 11.8 Å². The minimum absolute atomic E-state index is 0.272. The predicted molar refractivity (Wildman–Crippen MR) is 56.4 cm³/mol. The highest BCUT2D eigenvalue weighted by molar-refractivity contribution is 8.00. The van der Waals surface area contributed by atoms with Gasteiger partial charge in [-0.2, -0.15) is 0 Å². The molecule has 13 heavy (non-hydrogen) atoms. The van der Waals surface area contributed by atoms with Crippen LogP contribution < -0.4 is 5.73 Å². The maximum Gasteiger partial charge on any atom is 0.125 e. The minimum atomic E-state index is -0.272. The first kappa shape index (κ1) is 10.4. The van der Waals surface area contributed by atoms with Crippen molar-refractivity contribution in [1.29, 1.82) is 0 Å². The Hall–Kier alpha value is -0.700. The summed E-state index contributed by atoms with van der Waals surface area (Å²) in [6, 6.07) is 4.55. The number of benzene rings is 1. The molecule has 0 spiro atoms. The molecule has 0 radical (unpaired) electrons. The second kappa shape index (κ2) is 4.51. The van der Waals surface area contributed by atoms with Crippen molar-refractivity contribution < 1.29 is 4.39 Å². The van der Waals surface area contributed by atoms with Gasteiger partial charge in [0, 0.05) is 15.8 Å². The van der Waals surface area contributed by atoms with Crippen molar-refractivity contribution in [2.45, 2.75) is 30.4 Å². The summed E-state index contributed by atoms with van der Waals surface area (Å²) in [6.07, 6.45) is 1.08. The van der Waals surface area contributed by atoms with Gasteiger partial charge in [0.2, 0.25) is 0 Å². The molecule has 1 aromatic carbocycles. The zero-order valence-electron chi connectivity index (χ0n) is 7.88. The lowest BCUT2D eigenvalue weighted by molar-refractivity contribution is 0.627. The molecule has 1 aromatic rings. The topological polar surface area (TPSA) is 26.0 Å². The monoisotopic (exact) mass is 199 g/mol. The van der Waals surface area contributed by atoms with E-state index in [1.54, 1.807) is 17.8 Å². The summed E-state index contributed by atoms with van der Waals surface area (Å²) in [5, 5.41) is 0.521. The zero-order chi connectivity index (χ0) is 9.84. The van der Waals surface area contributed by atoms with Crippen LogP contribution in [0.25, 0.3) is 0 Å². The van der Waals surface area contributed by atoms with Crippen LogP contribution in [0.1, 0.15) is 20.3 Å². The van der Waals surface area contributed by atoms with E-state index in [4.69, 9.17) is 5.73 Å². The quantitative estimate of drug-likeness (QED) is 0.597. The fourth-order valence-corrected chi connectivity index (χ4v) is 1.87. The smallest absolute Gasteiger partial charge is 0.125 e. The number of hydrogen-bond acceptors (Lipinski definition) is 2. The van der Waals surface area contributed by atoms with Crippen LogP contribution in [0.4, 0.5) is 10.1 Å². The molecular weight excluding hydrogens is 185 g/mol. The first-order valence-electron chi connectivity index (χ1n) is 4.35. The molecule has 0 fully saturated rings. The van der Waals surface area contributed by atoms with E-state index in [9.17, 15) is 4.39 Å². The number of anilines is 1. The second-order valence-corrected chi connectivity index (χ2v) is 4.50. The molecule has 0 bridgehead atoms. The molecule has 0 aliphatic rings. The normalized spacial score (nSPS) is 12.8. The summed E-state index contributed by atoms with van der Waals surface area (Å²) in [6.45, 7) is 4.25. The molecule has 0 aliphatic heterocycles. The average molecular weight is 199 g/mol. The summed E-state index contributed by atoms with van der Waals surface area (Å²) in [5.41, 5.74) is 6.20. The van der Waals surface area contributed by atoms with Gasteiger partial charge < -0.3 is 5.73 Å². The van der Waals surface area contributed by atoms with Gasteiger partial charge in [0.1, 0.15) is 5.82 Å². The van der Waals surface area contributed by atoms with Gasteiger partial charge >= 0.3 is 0 Å². The van der Waals surface area contributed by atoms with Crippen LogP contribution in [-0.2, 0) is 0 Å². The Labute approximate surface area is 82.5 Å². The fraction of sp³-hybridized carbons (Fsp3) is 0.400. The number of thioether (sulfide) groups is 1. The van der Waals surface area contributed by atoms with E-state index in [2.05, 4.69) is 13.8 Å². The Bertz CT molecular complexity index is 288. The van der Waals surface area contributed by atoms with Crippen molar-refractivity contribution in [3.8, 4) is 0 Å². The molecule has 1 unspecified atom stereocenters. The maximum atomic E-state index is 12.7. The summed E-state index contributed by atoms with van der Waals surface area (Å²) in [7, 11) is 0. The molecule has 0 aliphatic carbocycles. The van der Waals surface area contributed by atoms with Crippen LogP contribution >= 0.6 is 11.8 Å². The van der Waals surface area contributed by atoms with Crippen molar-refractivity contribution in [3.05, 3.63) is 24.0 Å². The molecule has 0 saturated carbocycles. The van der Waals surface area contributed by atoms with Gasteiger partial charge in [0.25, 0.3) is 0 Å². The lowest BCUT2D eigenvalue weighted by atomic mass is 10.3. The van der Waals surface area contributed by atoms with Crippen molar-refractivity contribution >= 4 is 17.4 Å². The van der Waals surface area contributed by atoms with E-state index in [0.717, 1.165) is 11.3 Å². The highest BCUT2D eigenvalue weighted by atomic mass is 32.2. The maximum absolute atomic E-state index is 12.7. The number of rotatable bonds is 3. The van der Waals surface area contributed by atoms with E-state index in [1.807, 2.05) is 0 Å². The van der Waals surface area contributed by atoms with Crippen molar-refractivity contribution in [1.82, 2.24) is 0 Å². The van der Waals surface area contributed by atoms with Crippen LogP contribution in [0.3, 0.4) is 0 Å². The summed E-state index contributed by atoms with van der Waals surface area (Å²) < 4.78 is 12.7. The summed E-state index contributed by atoms with van der Waals surface area (Å²) in [5.74, 6) is -0.272. The molecule has 0 saturated heterocycles. The third-order valence-electron chi connectivity index (χ3n) is 1.87. The van der Waals surface area contributed by atoms with Gasteiger partial charge in [0.05, 0.1) is 0 Å². The molecule has 0 amide bonds. The molecule has 0 aromatic heterocycles. The molecular formula is C10H14FNS. The van der Waals surface area contributed by atoms with Crippen molar-refractivity contribution in [2.24, 2.45) is 0 Å². The number of nitrogen functional groups attached to an aromatic ring is 1. The SMILES string of the molecule is CCC(C)Sc1ccc(F)cc1N. The zero-order valence-corrected chi connectivity index (χ0v) is 8.70. The Morgan fingerprint density at radius 2 is 2.23 bits per heavy atom. The Morgan fingerprint density at radius 1 is 1.54 bits per heavy atom. The van der Waals surface area contributed by atoms with Crippen LogP contribution in [0, 0.1) is 5.82 Å². The van der Waals surface area contributed by atoms with E-state index >= 15 is 0 Å². The van der Waals surface area contributed by atoms with E-state index in [0.29, 0.717) is 10.9 Å². The van der Waals surface area contributed by atoms with Crippen LogP contribution in [-0.4, -0.2) is 5.25 Å². The minimum Gasteiger partial charge on any atom is -0.398 e. The lowest BCUT2D eigenvalue weighted by Gasteiger charge is -2.09. The van der Waals surface area contributed by atoms with Crippen LogP contribution in [0.5, 0.6) is 0 Å². The highest BCUT2D eigenvalue weighted by Crippen LogP contribution is 2.30. The van der Waals surface area contributed by atoms with E-state index in [-0.39, 0.29) is 5.82 Å². The number of hydrogen-bond donors (Lipinski definition) is 1. The van der Waals surface area contributed by atoms with Crippen LogP contribution in [0.15, 0.2) is 23.1 Å². The fourth-order valence-electron chi connectivity index (χ4n) is 0.927. The molecule has 0 heterocycles. The molecule has 72 valence electrons. The summed E-state index contributed by atoms with van der Waals surface area (Å²) in [4.78, 5) is 0.968. The number of halogens is 1. The predicted octanol–water partition coefficient (Wildman–Crippen LogP) is 3.30. The van der Waals surface area contributed by atoms with E-state index in [1.165, 1.54) is 12.1 Å². The third-order valence-corrected chi connectivity index (χ3v) is 3.24. The van der Waals surface area contributed by atoms with Crippen LogP contribution in [0.2, 0.25) is 0 Å². The number of nitrogens with two attached hydrogens (primary N) is 1. The van der Waals surface area contributed by atoms with Crippen molar-refractivity contribution in [2.75, 3.05) is 5.73 Å². The second-order valence-electron chi connectivity index (χ2n) is 3.02. The average Bonchev–Trinajstić information content (AvgIpc) is 2.09. The van der Waals surface area contributed by atoms with Gasteiger partial charge in [-0.05, 0) is 24.6 Å². The van der Waals surface area contributed by atoms with Gasteiger partial charge in [-0.25, -0.2) is 4.39 Å². The van der Waals surface area contributed by atoms with Crippen molar-refractivity contribution in [3.63, 3.8) is 0 Å². The Morgan fingerprint density at radius 3 is 2.77 bits per heavy atom. The molecule has 3 heteroatoms. The largest absolute Gasteiger partial charge is 0.398 e. The summed E-state index contributed by atoms with van der Waals surface area (Å²) >= 11 is 1.69. The third kappa shape index (κ3) is 2.92. The Kier molecular flexibility index (Phi) is 3.60.